The molecule has 3 aromatic rings. The SMILES string of the molecule is COc1cc(OC)c(OC)c(-c2nscc2-c2ccc(Br)cc2)c1. The maximum Gasteiger partial charge on any atom is 0.170 e. The van der Waals surface area contributed by atoms with Gasteiger partial charge >= 0.3 is 0 Å². The number of benzene rings is 2. The first kappa shape index (κ1) is 16.8. The summed E-state index contributed by atoms with van der Waals surface area (Å²) < 4.78 is 22.0. The summed E-state index contributed by atoms with van der Waals surface area (Å²) in [6.07, 6.45) is 0. The third-order valence-electron chi connectivity index (χ3n) is 3.67. The summed E-state index contributed by atoms with van der Waals surface area (Å²) in [5.41, 5.74) is 3.82. The Kier molecular flexibility index (Phi) is 5.06. The van der Waals surface area contributed by atoms with Crippen molar-refractivity contribution in [1.82, 2.24) is 4.37 Å². The van der Waals surface area contributed by atoms with Gasteiger partial charge in [-0.1, -0.05) is 28.1 Å². The Bertz CT molecular complexity index is 846. The number of ether oxygens (including phenoxy) is 3. The first-order valence-electron chi connectivity index (χ1n) is 7.18. The Morgan fingerprint density at radius 1 is 0.917 bits per heavy atom. The molecular formula is C18H16BrNO3S. The van der Waals surface area contributed by atoms with Crippen molar-refractivity contribution in [1.29, 1.82) is 0 Å². The highest BCUT2D eigenvalue weighted by molar-refractivity contribution is 9.10. The summed E-state index contributed by atoms with van der Waals surface area (Å²) in [5.74, 6) is 1.95. The lowest BCUT2D eigenvalue weighted by molar-refractivity contribution is 0.350. The number of nitrogens with zero attached hydrogens (tertiary/aromatic N) is 1. The standard InChI is InChI=1S/C18H16BrNO3S/c1-21-13-8-14(18(23-3)16(9-13)22-2)17-15(10-24-20-17)11-4-6-12(19)7-5-11/h4-10H,1-3H3. The second-order valence-electron chi connectivity index (χ2n) is 4.99. The lowest BCUT2D eigenvalue weighted by atomic mass is 10.0. The highest BCUT2D eigenvalue weighted by Crippen LogP contribution is 2.44. The van der Waals surface area contributed by atoms with Gasteiger partial charge in [0.15, 0.2) is 11.5 Å². The average Bonchev–Trinajstić information content (AvgIpc) is 3.10. The summed E-state index contributed by atoms with van der Waals surface area (Å²) >= 11 is 4.87. The fraction of sp³-hybridized carbons (Fsp3) is 0.167. The Morgan fingerprint density at radius 3 is 2.29 bits per heavy atom. The maximum absolute atomic E-state index is 5.58. The topological polar surface area (TPSA) is 40.6 Å². The molecule has 2 aromatic carbocycles. The van der Waals surface area contributed by atoms with Crippen LogP contribution in [-0.4, -0.2) is 25.7 Å². The minimum absolute atomic E-state index is 0.613. The molecule has 0 aliphatic rings. The summed E-state index contributed by atoms with van der Waals surface area (Å²) in [6, 6.07) is 11.9. The lowest BCUT2D eigenvalue weighted by Gasteiger charge is -2.14. The fourth-order valence-electron chi connectivity index (χ4n) is 2.50. The van der Waals surface area contributed by atoms with E-state index in [2.05, 4.69) is 32.4 Å². The zero-order chi connectivity index (χ0) is 17.1. The molecule has 0 atom stereocenters. The predicted molar refractivity (Wildman–Crippen MR) is 100 cm³/mol. The van der Waals surface area contributed by atoms with Crippen LogP contribution in [0.4, 0.5) is 0 Å². The molecule has 4 nitrogen and oxygen atoms in total. The van der Waals surface area contributed by atoms with E-state index in [0.29, 0.717) is 17.2 Å². The van der Waals surface area contributed by atoms with Gasteiger partial charge in [0.1, 0.15) is 5.75 Å². The largest absolute Gasteiger partial charge is 0.497 e. The molecule has 0 radical (unpaired) electrons. The monoisotopic (exact) mass is 405 g/mol. The molecule has 0 aliphatic carbocycles. The van der Waals surface area contributed by atoms with Crippen LogP contribution in [0.25, 0.3) is 22.4 Å². The molecule has 0 aliphatic heterocycles. The molecule has 0 saturated heterocycles. The molecule has 0 fully saturated rings. The maximum atomic E-state index is 5.58. The van der Waals surface area contributed by atoms with Crippen LogP contribution in [0.1, 0.15) is 0 Å². The molecule has 1 heterocycles. The van der Waals surface area contributed by atoms with Crippen LogP contribution in [-0.2, 0) is 0 Å². The Balaban J connectivity index is 2.20. The third kappa shape index (κ3) is 3.12. The van der Waals surface area contributed by atoms with E-state index in [4.69, 9.17) is 14.2 Å². The molecule has 0 bridgehead atoms. The number of halogens is 1. The molecule has 0 amide bonds. The number of rotatable bonds is 5. The van der Waals surface area contributed by atoms with Gasteiger partial charge in [-0.3, -0.25) is 0 Å². The number of aromatic nitrogens is 1. The van der Waals surface area contributed by atoms with Crippen LogP contribution in [0.3, 0.4) is 0 Å². The minimum Gasteiger partial charge on any atom is -0.497 e. The smallest absolute Gasteiger partial charge is 0.170 e. The Labute approximate surface area is 153 Å². The van der Waals surface area contributed by atoms with Gasteiger partial charge < -0.3 is 14.2 Å². The van der Waals surface area contributed by atoms with E-state index in [-0.39, 0.29) is 0 Å². The van der Waals surface area contributed by atoms with Crippen molar-refractivity contribution in [2.45, 2.75) is 0 Å². The summed E-state index contributed by atoms with van der Waals surface area (Å²) in [6.45, 7) is 0. The van der Waals surface area contributed by atoms with E-state index in [9.17, 15) is 0 Å². The zero-order valence-electron chi connectivity index (χ0n) is 13.5. The van der Waals surface area contributed by atoms with Gasteiger partial charge in [0.25, 0.3) is 0 Å². The van der Waals surface area contributed by atoms with Crippen molar-refractivity contribution in [3.05, 3.63) is 46.3 Å². The summed E-state index contributed by atoms with van der Waals surface area (Å²) in [7, 11) is 4.86. The van der Waals surface area contributed by atoms with Gasteiger partial charge in [-0.05, 0) is 35.3 Å². The molecule has 1 aromatic heterocycles. The van der Waals surface area contributed by atoms with Crippen molar-refractivity contribution in [3.8, 4) is 39.6 Å². The van der Waals surface area contributed by atoms with Crippen molar-refractivity contribution in [3.63, 3.8) is 0 Å². The minimum atomic E-state index is 0.613. The Morgan fingerprint density at radius 2 is 1.67 bits per heavy atom. The van der Waals surface area contributed by atoms with Crippen LogP contribution in [0.15, 0.2) is 46.3 Å². The quantitative estimate of drug-likeness (QED) is 0.579. The zero-order valence-corrected chi connectivity index (χ0v) is 15.9. The van der Waals surface area contributed by atoms with Crippen molar-refractivity contribution in [2.75, 3.05) is 21.3 Å². The van der Waals surface area contributed by atoms with Gasteiger partial charge in [0.05, 0.1) is 32.6 Å². The lowest BCUT2D eigenvalue weighted by Crippen LogP contribution is -1.96. The van der Waals surface area contributed by atoms with Gasteiger partial charge in [-0.25, -0.2) is 0 Å². The van der Waals surface area contributed by atoms with Crippen LogP contribution in [0.5, 0.6) is 17.2 Å². The van der Waals surface area contributed by atoms with E-state index < -0.39 is 0 Å². The van der Waals surface area contributed by atoms with Crippen molar-refractivity contribution in [2.24, 2.45) is 0 Å². The van der Waals surface area contributed by atoms with Crippen LogP contribution in [0, 0.1) is 0 Å². The van der Waals surface area contributed by atoms with Crippen LogP contribution in [0.2, 0.25) is 0 Å². The van der Waals surface area contributed by atoms with Crippen molar-refractivity contribution < 1.29 is 14.2 Å². The average molecular weight is 406 g/mol. The van der Waals surface area contributed by atoms with Gasteiger partial charge in [-0.2, -0.15) is 4.37 Å². The normalized spacial score (nSPS) is 10.5. The Hall–Kier alpha value is -2.05. The third-order valence-corrected chi connectivity index (χ3v) is 4.83. The van der Waals surface area contributed by atoms with Gasteiger partial charge in [-0.15, -0.1) is 0 Å². The predicted octanol–water partition coefficient (Wildman–Crippen LogP) is 5.27. The molecule has 6 heteroatoms. The molecule has 0 spiro atoms. The first-order valence-corrected chi connectivity index (χ1v) is 8.81. The number of hydrogen-bond donors (Lipinski definition) is 0. The van der Waals surface area contributed by atoms with Crippen molar-refractivity contribution >= 4 is 27.5 Å². The van der Waals surface area contributed by atoms with Gasteiger partial charge in [0, 0.05) is 21.5 Å². The van der Waals surface area contributed by atoms with E-state index in [1.54, 1.807) is 27.4 Å². The molecule has 124 valence electrons. The molecule has 0 N–H and O–H groups in total. The van der Waals surface area contributed by atoms with E-state index in [1.807, 2.05) is 23.6 Å². The molecule has 3 rings (SSSR count). The summed E-state index contributed by atoms with van der Waals surface area (Å²) in [5, 5.41) is 2.03. The molecule has 24 heavy (non-hydrogen) atoms. The molecule has 0 unspecified atom stereocenters. The van der Waals surface area contributed by atoms with Gasteiger partial charge in [0.2, 0.25) is 0 Å². The summed E-state index contributed by atoms with van der Waals surface area (Å²) in [4.78, 5) is 0. The van der Waals surface area contributed by atoms with E-state index in [1.165, 1.54) is 11.5 Å². The van der Waals surface area contributed by atoms with E-state index >= 15 is 0 Å². The van der Waals surface area contributed by atoms with Crippen LogP contribution >= 0.6 is 27.5 Å². The number of methoxy groups -OCH3 is 3. The molecule has 0 saturated carbocycles. The highest BCUT2D eigenvalue weighted by Gasteiger charge is 2.20. The van der Waals surface area contributed by atoms with E-state index in [0.717, 1.165) is 26.9 Å². The second-order valence-corrected chi connectivity index (χ2v) is 6.54. The first-order chi connectivity index (χ1) is 11.7. The molecular weight excluding hydrogens is 390 g/mol. The number of hydrogen-bond acceptors (Lipinski definition) is 5. The highest BCUT2D eigenvalue weighted by atomic mass is 79.9. The van der Waals surface area contributed by atoms with Crippen LogP contribution < -0.4 is 14.2 Å². The second kappa shape index (κ2) is 7.23. The fourth-order valence-corrected chi connectivity index (χ4v) is 3.47.